The van der Waals surface area contributed by atoms with Gasteiger partial charge in [-0.2, -0.15) is 0 Å². The second-order valence-corrected chi connectivity index (χ2v) is 9.89. The van der Waals surface area contributed by atoms with Crippen molar-refractivity contribution in [1.82, 2.24) is 10.1 Å². The van der Waals surface area contributed by atoms with Crippen LogP contribution in [-0.4, -0.2) is 40.3 Å². The molecule has 0 atom stereocenters. The molecule has 0 spiro atoms. The normalized spacial score (nSPS) is 16.9. The van der Waals surface area contributed by atoms with Gasteiger partial charge in [-0.25, -0.2) is 4.98 Å². The van der Waals surface area contributed by atoms with Crippen molar-refractivity contribution in [3.8, 4) is 11.3 Å². The number of carbonyl (C=O) groups excluding carboxylic acids is 1. The molecule has 1 aliphatic carbocycles. The molecule has 1 amide bonds. The highest BCUT2D eigenvalue weighted by molar-refractivity contribution is 6.39. The van der Waals surface area contributed by atoms with E-state index >= 15 is 0 Å². The van der Waals surface area contributed by atoms with Gasteiger partial charge >= 0.3 is 0 Å². The number of aromatic nitrogens is 2. The molecule has 0 radical (unpaired) electrons. The van der Waals surface area contributed by atoms with Crippen molar-refractivity contribution in [3.63, 3.8) is 0 Å². The van der Waals surface area contributed by atoms with Crippen molar-refractivity contribution in [2.24, 2.45) is 5.73 Å². The summed E-state index contributed by atoms with van der Waals surface area (Å²) in [6.07, 6.45) is 6.41. The van der Waals surface area contributed by atoms with E-state index in [4.69, 9.17) is 38.2 Å². The fourth-order valence-electron chi connectivity index (χ4n) is 4.44. The van der Waals surface area contributed by atoms with Crippen LogP contribution in [0.3, 0.4) is 0 Å². The number of aliphatic hydroxyl groups is 1. The number of aliphatic hydroxyl groups excluding tert-OH is 1. The first-order valence-corrected chi connectivity index (χ1v) is 12.6. The third-order valence-corrected chi connectivity index (χ3v) is 7.15. The summed E-state index contributed by atoms with van der Waals surface area (Å²) in [6, 6.07) is 8.94. The minimum Gasteiger partial charge on any atom is -0.507 e. The van der Waals surface area contributed by atoms with Crippen LogP contribution in [0.4, 0.5) is 5.82 Å². The summed E-state index contributed by atoms with van der Waals surface area (Å²) in [6.45, 7) is 1.94. The predicted octanol–water partition coefficient (Wildman–Crippen LogP) is 5.49. The first kappa shape index (κ1) is 24.6. The Hall–Kier alpha value is -3.07. The fraction of sp³-hybridized carbons (Fsp3) is 0.346. The van der Waals surface area contributed by atoms with Crippen molar-refractivity contribution >= 4 is 40.7 Å². The molecule has 188 valence electrons. The first-order valence-electron chi connectivity index (χ1n) is 11.9. The molecule has 3 N–H and O–H groups in total. The summed E-state index contributed by atoms with van der Waals surface area (Å²) in [7, 11) is 0. The third-order valence-electron chi connectivity index (χ3n) is 6.52. The number of primary amides is 1. The van der Waals surface area contributed by atoms with Crippen molar-refractivity contribution in [2.45, 2.75) is 44.3 Å². The minimum absolute atomic E-state index is 0.0830. The number of piperidine rings is 1. The zero-order valence-electron chi connectivity index (χ0n) is 19.5. The van der Waals surface area contributed by atoms with Crippen LogP contribution in [0, 0.1) is 0 Å². The van der Waals surface area contributed by atoms with Crippen LogP contribution in [0.1, 0.15) is 48.5 Å². The molecule has 2 aromatic heterocycles. The number of halogens is 2. The molecule has 36 heavy (non-hydrogen) atoms. The smallest absolute Gasteiger partial charge is 0.245 e. The van der Waals surface area contributed by atoms with Crippen LogP contribution in [0.25, 0.3) is 17.0 Å². The summed E-state index contributed by atoms with van der Waals surface area (Å²) < 4.78 is 12.1. The van der Waals surface area contributed by atoms with E-state index in [1.165, 1.54) is 6.20 Å². The maximum atomic E-state index is 11.0. The number of nitrogens with two attached hydrogens (primary N) is 1. The third kappa shape index (κ3) is 5.36. The molecule has 1 saturated heterocycles. The fourth-order valence-corrected chi connectivity index (χ4v) is 5.02. The van der Waals surface area contributed by atoms with E-state index in [1.807, 2.05) is 12.1 Å². The number of carbonyl (C=O) groups is 1. The Morgan fingerprint density at radius 1 is 1.17 bits per heavy atom. The zero-order valence-corrected chi connectivity index (χ0v) is 21.0. The lowest BCUT2D eigenvalue weighted by molar-refractivity contribution is -0.113. The zero-order chi connectivity index (χ0) is 25.2. The highest BCUT2D eigenvalue weighted by atomic mass is 35.5. The van der Waals surface area contributed by atoms with Gasteiger partial charge in [-0.1, -0.05) is 34.4 Å². The number of hydrogen-bond donors (Lipinski definition) is 2. The van der Waals surface area contributed by atoms with Crippen LogP contribution < -0.4 is 10.6 Å². The van der Waals surface area contributed by atoms with Gasteiger partial charge in [-0.3, -0.25) is 4.79 Å². The van der Waals surface area contributed by atoms with Gasteiger partial charge < -0.3 is 25.0 Å². The molecule has 1 aromatic carbocycles. The Morgan fingerprint density at radius 3 is 2.50 bits per heavy atom. The molecule has 0 bridgehead atoms. The Balaban J connectivity index is 1.23. The van der Waals surface area contributed by atoms with Crippen LogP contribution in [0.15, 0.2) is 47.1 Å². The van der Waals surface area contributed by atoms with Crippen molar-refractivity contribution in [3.05, 3.63) is 69.5 Å². The molecule has 3 heterocycles. The Morgan fingerprint density at radius 2 is 1.89 bits per heavy atom. The number of rotatable bonds is 8. The summed E-state index contributed by atoms with van der Waals surface area (Å²) in [4.78, 5) is 17.6. The van der Waals surface area contributed by atoms with E-state index in [-0.39, 0.29) is 11.9 Å². The van der Waals surface area contributed by atoms with Crippen LogP contribution in [0.5, 0.6) is 0 Å². The maximum absolute atomic E-state index is 11.0. The summed E-state index contributed by atoms with van der Waals surface area (Å²) in [5.74, 6) is 1.13. The molecule has 10 heteroatoms. The van der Waals surface area contributed by atoms with Crippen molar-refractivity contribution in [2.75, 3.05) is 18.0 Å². The van der Waals surface area contributed by atoms with E-state index in [9.17, 15) is 9.90 Å². The van der Waals surface area contributed by atoms with E-state index in [0.29, 0.717) is 39.4 Å². The maximum Gasteiger partial charge on any atom is 0.245 e. The number of amides is 1. The van der Waals surface area contributed by atoms with E-state index in [0.717, 1.165) is 62.0 Å². The largest absolute Gasteiger partial charge is 0.507 e. The monoisotopic (exact) mass is 528 g/mol. The average Bonchev–Trinajstić information content (AvgIpc) is 3.63. The standard InChI is InChI=1S/C26H26Cl2N4O4/c27-19-2-1-3-20(28)24(19)25-18(26(36-31-25)15-4-5-15)14-35-17-8-10-32(11-9-17)23-7-6-16(13-30-23)21(33)12-22(29)34/h1-3,6-7,12-13,15,17,33H,4-5,8-11,14H2,(H2,29,34)/b21-12-. The van der Waals surface area contributed by atoms with Crippen molar-refractivity contribution < 1.29 is 19.2 Å². The van der Waals surface area contributed by atoms with Gasteiger partial charge in [0.05, 0.1) is 22.8 Å². The second kappa shape index (κ2) is 10.5. The van der Waals surface area contributed by atoms with E-state index in [1.54, 1.807) is 18.2 Å². The van der Waals surface area contributed by atoms with E-state index < -0.39 is 5.91 Å². The minimum atomic E-state index is -0.712. The number of hydrogen-bond acceptors (Lipinski definition) is 7. The number of pyridine rings is 1. The van der Waals surface area contributed by atoms with Gasteiger partial charge in [0.2, 0.25) is 5.91 Å². The van der Waals surface area contributed by atoms with Crippen LogP contribution in [0.2, 0.25) is 10.0 Å². The number of benzene rings is 1. The second-order valence-electron chi connectivity index (χ2n) is 9.08. The van der Waals surface area contributed by atoms with E-state index in [2.05, 4.69) is 15.0 Å². The molecule has 1 aliphatic heterocycles. The highest BCUT2D eigenvalue weighted by Crippen LogP contribution is 2.46. The highest BCUT2D eigenvalue weighted by Gasteiger charge is 2.34. The molecule has 0 unspecified atom stereocenters. The summed E-state index contributed by atoms with van der Waals surface area (Å²) in [5, 5.41) is 15.3. The number of anilines is 1. The Kier molecular flexibility index (Phi) is 7.18. The van der Waals surface area contributed by atoms with Crippen LogP contribution >= 0.6 is 23.2 Å². The molecular weight excluding hydrogens is 503 g/mol. The number of nitrogens with zero attached hydrogens (tertiary/aromatic N) is 3. The lowest BCUT2D eigenvalue weighted by Crippen LogP contribution is -2.37. The lowest BCUT2D eigenvalue weighted by Gasteiger charge is -2.32. The van der Waals surface area contributed by atoms with Crippen molar-refractivity contribution in [1.29, 1.82) is 0 Å². The lowest BCUT2D eigenvalue weighted by atomic mass is 10.0. The van der Waals surface area contributed by atoms with Gasteiger partial charge in [-0.05, 0) is 49.9 Å². The predicted molar refractivity (Wildman–Crippen MR) is 138 cm³/mol. The molecule has 2 fully saturated rings. The first-order chi connectivity index (χ1) is 17.4. The Bertz CT molecular complexity index is 1260. The molecule has 5 rings (SSSR count). The molecule has 8 nitrogen and oxygen atoms in total. The summed E-state index contributed by atoms with van der Waals surface area (Å²) in [5.41, 5.74) is 7.78. The van der Waals surface area contributed by atoms with Gasteiger partial charge in [0, 0.05) is 48.0 Å². The molecule has 2 aliphatic rings. The van der Waals surface area contributed by atoms with Gasteiger partial charge in [-0.15, -0.1) is 0 Å². The quantitative estimate of drug-likeness (QED) is 0.293. The van der Waals surface area contributed by atoms with Gasteiger partial charge in [0.25, 0.3) is 0 Å². The Labute approximate surface area is 218 Å². The topological polar surface area (TPSA) is 115 Å². The molecule has 1 saturated carbocycles. The van der Waals surface area contributed by atoms with Crippen LogP contribution in [-0.2, 0) is 16.1 Å². The molecule has 3 aromatic rings. The van der Waals surface area contributed by atoms with Gasteiger partial charge in [0.15, 0.2) is 0 Å². The average molecular weight is 529 g/mol. The molecular formula is C26H26Cl2N4O4. The SMILES string of the molecule is NC(=O)/C=C(\O)c1ccc(N2CCC(OCc3c(-c4c(Cl)cccc4Cl)noc3C3CC3)CC2)nc1. The number of ether oxygens (including phenoxy) is 1. The van der Waals surface area contributed by atoms with Gasteiger partial charge in [0.1, 0.15) is 23.0 Å². The summed E-state index contributed by atoms with van der Waals surface area (Å²) >= 11 is 12.9.